The van der Waals surface area contributed by atoms with E-state index in [1.807, 2.05) is 6.92 Å². The molecule has 5 nitrogen and oxygen atoms in total. The number of benzene rings is 2. The first-order chi connectivity index (χ1) is 10.6. The normalized spacial score (nSPS) is 10.0. The molecule has 0 radical (unpaired) electrons. The van der Waals surface area contributed by atoms with Gasteiger partial charge < -0.3 is 15.2 Å². The molecule has 22 heavy (non-hydrogen) atoms. The summed E-state index contributed by atoms with van der Waals surface area (Å²) in [5.41, 5.74) is 1.04. The summed E-state index contributed by atoms with van der Waals surface area (Å²) in [7, 11) is 0. The van der Waals surface area contributed by atoms with Crippen LogP contribution in [0.25, 0.3) is 0 Å². The van der Waals surface area contributed by atoms with Crippen molar-refractivity contribution in [3.63, 3.8) is 0 Å². The monoisotopic (exact) mass is 299 g/mol. The van der Waals surface area contributed by atoms with Gasteiger partial charge in [0, 0.05) is 11.3 Å². The van der Waals surface area contributed by atoms with Crippen molar-refractivity contribution in [3.05, 3.63) is 59.7 Å². The van der Waals surface area contributed by atoms with Crippen LogP contribution in [0.4, 0.5) is 5.69 Å². The number of hydrogen-bond donors (Lipinski definition) is 2. The van der Waals surface area contributed by atoms with E-state index < -0.39 is 5.97 Å². The average Bonchev–Trinajstić information content (AvgIpc) is 2.53. The molecular weight excluding hydrogens is 282 g/mol. The lowest BCUT2D eigenvalue weighted by molar-refractivity contribution is 0.0696. The molecule has 0 heterocycles. The molecule has 0 aliphatic carbocycles. The summed E-state index contributed by atoms with van der Waals surface area (Å²) in [5, 5.41) is 11.6. The van der Waals surface area contributed by atoms with E-state index in [0.29, 0.717) is 23.6 Å². The maximum Gasteiger partial charge on any atom is 0.335 e. The molecule has 0 saturated carbocycles. The van der Waals surface area contributed by atoms with Crippen LogP contribution in [-0.4, -0.2) is 23.6 Å². The summed E-state index contributed by atoms with van der Waals surface area (Å²) in [4.78, 5) is 23.0. The molecule has 5 heteroatoms. The Morgan fingerprint density at radius 3 is 2.45 bits per heavy atom. The van der Waals surface area contributed by atoms with E-state index in [-0.39, 0.29) is 11.5 Å². The second kappa shape index (κ2) is 7.26. The van der Waals surface area contributed by atoms with Gasteiger partial charge in [-0.3, -0.25) is 4.79 Å². The number of rotatable bonds is 6. The third-order valence-electron chi connectivity index (χ3n) is 2.96. The molecule has 2 aromatic rings. The van der Waals surface area contributed by atoms with Gasteiger partial charge in [-0.25, -0.2) is 4.79 Å². The van der Waals surface area contributed by atoms with Crippen LogP contribution < -0.4 is 10.1 Å². The van der Waals surface area contributed by atoms with Gasteiger partial charge in [0.2, 0.25) is 0 Å². The minimum Gasteiger partial charge on any atom is -0.494 e. The largest absolute Gasteiger partial charge is 0.494 e. The maximum atomic E-state index is 12.1. The third kappa shape index (κ3) is 4.09. The fraction of sp³-hybridized carbons (Fsp3) is 0.176. The van der Waals surface area contributed by atoms with Crippen LogP contribution in [0, 0.1) is 0 Å². The first-order valence-electron chi connectivity index (χ1n) is 6.97. The SMILES string of the molecule is CCCOc1ccc(C(=O)Nc2cccc(C(=O)O)c2)cc1. The summed E-state index contributed by atoms with van der Waals surface area (Å²) in [6.45, 7) is 2.65. The molecule has 0 bridgehead atoms. The second-order valence-electron chi connectivity index (χ2n) is 4.71. The number of nitrogens with one attached hydrogen (secondary N) is 1. The summed E-state index contributed by atoms with van der Waals surface area (Å²) in [5.74, 6) is -0.621. The number of carboxylic acid groups (broad SMARTS) is 1. The second-order valence-corrected chi connectivity index (χ2v) is 4.71. The standard InChI is InChI=1S/C17H17NO4/c1-2-10-22-15-8-6-12(7-9-15)16(19)18-14-5-3-4-13(11-14)17(20)21/h3-9,11H,2,10H2,1H3,(H,18,19)(H,20,21). The summed E-state index contributed by atoms with van der Waals surface area (Å²) in [6, 6.07) is 12.9. The predicted octanol–water partition coefficient (Wildman–Crippen LogP) is 3.43. The smallest absolute Gasteiger partial charge is 0.335 e. The molecule has 1 amide bonds. The zero-order valence-electron chi connectivity index (χ0n) is 12.2. The van der Waals surface area contributed by atoms with Gasteiger partial charge in [-0.1, -0.05) is 13.0 Å². The molecule has 0 saturated heterocycles. The quantitative estimate of drug-likeness (QED) is 0.857. The van der Waals surface area contributed by atoms with Crippen LogP contribution >= 0.6 is 0 Å². The molecule has 2 N–H and O–H groups in total. The van der Waals surface area contributed by atoms with Crippen molar-refractivity contribution in [2.45, 2.75) is 13.3 Å². The highest BCUT2D eigenvalue weighted by Crippen LogP contribution is 2.15. The zero-order chi connectivity index (χ0) is 15.9. The number of aromatic carboxylic acids is 1. The van der Waals surface area contributed by atoms with Gasteiger partial charge in [-0.15, -0.1) is 0 Å². The molecule has 2 rings (SSSR count). The van der Waals surface area contributed by atoms with Crippen LogP contribution in [-0.2, 0) is 0 Å². The lowest BCUT2D eigenvalue weighted by atomic mass is 10.1. The Labute approximate surface area is 128 Å². The molecule has 0 spiro atoms. The summed E-state index contributed by atoms with van der Waals surface area (Å²) >= 11 is 0. The van der Waals surface area contributed by atoms with E-state index in [9.17, 15) is 9.59 Å². The Bertz CT molecular complexity index is 665. The summed E-state index contributed by atoms with van der Waals surface area (Å²) in [6.07, 6.45) is 0.919. The first kappa shape index (κ1) is 15.6. The highest BCUT2D eigenvalue weighted by atomic mass is 16.5. The van der Waals surface area contributed by atoms with Gasteiger partial charge in [-0.2, -0.15) is 0 Å². The minimum atomic E-state index is -1.03. The molecule has 2 aromatic carbocycles. The van der Waals surface area contributed by atoms with Gasteiger partial charge in [0.05, 0.1) is 12.2 Å². The van der Waals surface area contributed by atoms with Crippen LogP contribution in [0.3, 0.4) is 0 Å². The molecule has 0 fully saturated rings. The lowest BCUT2D eigenvalue weighted by Gasteiger charge is -2.08. The lowest BCUT2D eigenvalue weighted by Crippen LogP contribution is -2.12. The molecular formula is C17H17NO4. The zero-order valence-corrected chi connectivity index (χ0v) is 12.2. The molecule has 0 unspecified atom stereocenters. The fourth-order valence-electron chi connectivity index (χ4n) is 1.86. The number of anilines is 1. The van der Waals surface area contributed by atoms with E-state index in [0.717, 1.165) is 6.42 Å². The van der Waals surface area contributed by atoms with Crippen molar-refractivity contribution < 1.29 is 19.4 Å². The number of carbonyl (C=O) groups excluding carboxylic acids is 1. The van der Waals surface area contributed by atoms with Gasteiger partial charge in [0.1, 0.15) is 5.75 Å². The maximum absolute atomic E-state index is 12.1. The topological polar surface area (TPSA) is 75.6 Å². The van der Waals surface area contributed by atoms with E-state index in [1.165, 1.54) is 12.1 Å². The Hall–Kier alpha value is -2.82. The van der Waals surface area contributed by atoms with Gasteiger partial charge in [0.25, 0.3) is 5.91 Å². The van der Waals surface area contributed by atoms with Crippen LogP contribution in [0.2, 0.25) is 0 Å². The number of carbonyl (C=O) groups is 2. The Kier molecular flexibility index (Phi) is 5.14. The van der Waals surface area contributed by atoms with E-state index in [4.69, 9.17) is 9.84 Å². The third-order valence-corrected chi connectivity index (χ3v) is 2.96. The molecule has 0 aliphatic rings. The molecule has 0 aromatic heterocycles. The Morgan fingerprint density at radius 1 is 1.09 bits per heavy atom. The molecule has 0 atom stereocenters. The fourth-order valence-corrected chi connectivity index (χ4v) is 1.86. The Balaban J connectivity index is 2.05. The number of carboxylic acids is 1. The number of amides is 1. The predicted molar refractivity (Wildman–Crippen MR) is 83.6 cm³/mol. The number of hydrogen-bond acceptors (Lipinski definition) is 3. The molecule has 114 valence electrons. The van der Waals surface area contributed by atoms with Crippen molar-refractivity contribution >= 4 is 17.6 Å². The molecule has 0 aliphatic heterocycles. The van der Waals surface area contributed by atoms with E-state index in [2.05, 4.69) is 5.32 Å². The van der Waals surface area contributed by atoms with Gasteiger partial charge in [0.15, 0.2) is 0 Å². The van der Waals surface area contributed by atoms with Crippen molar-refractivity contribution in [2.24, 2.45) is 0 Å². The number of ether oxygens (including phenoxy) is 1. The van der Waals surface area contributed by atoms with Crippen molar-refractivity contribution in [1.29, 1.82) is 0 Å². The first-order valence-corrected chi connectivity index (χ1v) is 6.97. The Morgan fingerprint density at radius 2 is 1.82 bits per heavy atom. The summed E-state index contributed by atoms with van der Waals surface area (Å²) < 4.78 is 5.45. The van der Waals surface area contributed by atoms with Crippen molar-refractivity contribution in [1.82, 2.24) is 0 Å². The minimum absolute atomic E-state index is 0.126. The van der Waals surface area contributed by atoms with Crippen LogP contribution in [0.15, 0.2) is 48.5 Å². The highest BCUT2D eigenvalue weighted by molar-refractivity contribution is 6.04. The highest BCUT2D eigenvalue weighted by Gasteiger charge is 2.08. The van der Waals surface area contributed by atoms with Crippen LogP contribution in [0.1, 0.15) is 34.1 Å². The van der Waals surface area contributed by atoms with E-state index in [1.54, 1.807) is 36.4 Å². The van der Waals surface area contributed by atoms with Gasteiger partial charge >= 0.3 is 5.97 Å². The van der Waals surface area contributed by atoms with Crippen molar-refractivity contribution in [3.8, 4) is 5.75 Å². The average molecular weight is 299 g/mol. The van der Waals surface area contributed by atoms with Crippen molar-refractivity contribution in [2.75, 3.05) is 11.9 Å². The van der Waals surface area contributed by atoms with E-state index >= 15 is 0 Å². The van der Waals surface area contributed by atoms with Crippen LogP contribution in [0.5, 0.6) is 5.75 Å². The van der Waals surface area contributed by atoms with Gasteiger partial charge in [-0.05, 0) is 48.9 Å².